The second-order valence-corrected chi connectivity index (χ2v) is 6.43. The molecule has 0 aromatic heterocycles. The molecular formula is C20H15N3O5. The van der Waals surface area contributed by atoms with E-state index >= 15 is 0 Å². The molecule has 0 fully saturated rings. The Balaban J connectivity index is 2.02. The molecule has 0 aliphatic carbocycles. The Morgan fingerprint density at radius 1 is 1.04 bits per heavy atom. The van der Waals surface area contributed by atoms with Crippen molar-refractivity contribution >= 4 is 23.0 Å². The first-order valence-corrected chi connectivity index (χ1v) is 8.45. The minimum atomic E-state index is -1.11. The van der Waals surface area contributed by atoms with Crippen molar-refractivity contribution in [3.63, 3.8) is 0 Å². The van der Waals surface area contributed by atoms with E-state index in [9.17, 15) is 20.2 Å². The molecule has 0 N–H and O–H groups in total. The minimum absolute atomic E-state index is 0.00193. The molecule has 2 aromatic rings. The zero-order chi connectivity index (χ0) is 19.9. The van der Waals surface area contributed by atoms with E-state index in [4.69, 9.17) is 4.74 Å². The van der Waals surface area contributed by atoms with Gasteiger partial charge in [-0.3, -0.25) is 20.2 Å². The van der Waals surface area contributed by atoms with Crippen LogP contribution in [0.5, 0.6) is 5.75 Å². The van der Waals surface area contributed by atoms with Gasteiger partial charge >= 0.3 is 5.69 Å². The van der Waals surface area contributed by atoms with Crippen LogP contribution in [-0.2, 0) is 0 Å². The first kappa shape index (κ1) is 17.5. The van der Waals surface area contributed by atoms with Crippen molar-refractivity contribution in [3.05, 3.63) is 98.2 Å². The Morgan fingerprint density at radius 2 is 1.79 bits per heavy atom. The Morgan fingerprint density at radius 3 is 2.43 bits per heavy atom. The second-order valence-electron chi connectivity index (χ2n) is 6.43. The summed E-state index contributed by atoms with van der Waals surface area (Å²) >= 11 is 0. The van der Waals surface area contributed by atoms with Gasteiger partial charge < -0.3 is 9.64 Å². The molecule has 2 heterocycles. The quantitative estimate of drug-likeness (QED) is 0.589. The van der Waals surface area contributed by atoms with Gasteiger partial charge in [0.1, 0.15) is 0 Å². The molecule has 2 aliphatic heterocycles. The van der Waals surface area contributed by atoms with E-state index in [1.807, 2.05) is 36.4 Å². The second kappa shape index (κ2) is 6.34. The first-order valence-electron chi connectivity index (χ1n) is 8.45. The Bertz CT molecular complexity index is 1070. The van der Waals surface area contributed by atoms with Gasteiger partial charge in [-0.15, -0.1) is 0 Å². The molecule has 8 heteroatoms. The van der Waals surface area contributed by atoms with Crippen LogP contribution in [0, 0.1) is 20.2 Å². The fraction of sp³-hybridized carbons (Fsp3) is 0.100. The highest BCUT2D eigenvalue weighted by molar-refractivity contribution is 5.92. The number of allylic oxidation sites excluding steroid dienone is 2. The van der Waals surface area contributed by atoms with Crippen LogP contribution < -0.4 is 4.74 Å². The maximum absolute atomic E-state index is 11.6. The summed E-state index contributed by atoms with van der Waals surface area (Å²) in [6.07, 6.45) is 8.96. The number of fused-ring (bicyclic) bond motifs is 1. The SMILES string of the molecule is CN1C=CC=CC12Oc1c(cc([N+](=O)[O-])cc1[N+](=O)[O-])C=C2c1ccccc1. The fourth-order valence-corrected chi connectivity index (χ4v) is 3.44. The van der Waals surface area contributed by atoms with Crippen LogP contribution in [0.4, 0.5) is 11.4 Å². The van der Waals surface area contributed by atoms with Gasteiger partial charge in [0.25, 0.3) is 5.69 Å². The lowest BCUT2D eigenvalue weighted by atomic mass is 9.87. The number of hydrogen-bond acceptors (Lipinski definition) is 6. The highest BCUT2D eigenvalue weighted by Crippen LogP contribution is 2.48. The molecule has 0 amide bonds. The predicted molar refractivity (Wildman–Crippen MR) is 103 cm³/mol. The summed E-state index contributed by atoms with van der Waals surface area (Å²) in [5, 5.41) is 22.8. The van der Waals surface area contributed by atoms with E-state index in [0.29, 0.717) is 5.56 Å². The smallest absolute Gasteiger partial charge is 0.318 e. The number of nitro groups is 2. The number of non-ortho nitro benzene ring substituents is 1. The van der Waals surface area contributed by atoms with Crippen molar-refractivity contribution in [2.75, 3.05) is 7.05 Å². The zero-order valence-electron chi connectivity index (χ0n) is 14.8. The molecule has 2 aromatic carbocycles. The molecule has 1 atom stereocenters. The van der Waals surface area contributed by atoms with Crippen molar-refractivity contribution in [2.45, 2.75) is 5.72 Å². The summed E-state index contributed by atoms with van der Waals surface area (Å²) < 4.78 is 6.22. The zero-order valence-corrected chi connectivity index (χ0v) is 14.8. The number of benzene rings is 2. The van der Waals surface area contributed by atoms with E-state index in [-0.39, 0.29) is 11.4 Å². The number of rotatable bonds is 3. The van der Waals surface area contributed by atoms with Crippen molar-refractivity contribution in [1.29, 1.82) is 0 Å². The summed E-state index contributed by atoms with van der Waals surface area (Å²) in [7, 11) is 1.80. The van der Waals surface area contributed by atoms with E-state index in [1.165, 1.54) is 6.07 Å². The van der Waals surface area contributed by atoms with Gasteiger partial charge in [-0.1, -0.05) is 36.4 Å². The van der Waals surface area contributed by atoms with E-state index in [2.05, 4.69) is 0 Å². The minimum Gasteiger partial charge on any atom is -0.452 e. The largest absolute Gasteiger partial charge is 0.452 e. The molecule has 0 saturated heterocycles. The monoisotopic (exact) mass is 377 g/mol. The molecule has 0 saturated carbocycles. The Hall–Kier alpha value is -3.94. The summed E-state index contributed by atoms with van der Waals surface area (Å²) in [6, 6.07) is 11.6. The molecule has 28 heavy (non-hydrogen) atoms. The summed E-state index contributed by atoms with van der Waals surface area (Å²) in [6.45, 7) is 0. The molecule has 8 nitrogen and oxygen atoms in total. The number of nitrogens with zero attached hydrogens (tertiary/aromatic N) is 3. The van der Waals surface area contributed by atoms with Crippen LogP contribution in [0.3, 0.4) is 0 Å². The van der Waals surface area contributed by atoms with Crippen LogP contribution in [-0.4, -0.2) is 27.5 Å². The van der Waals surface area contributed by atoms with Crippen molar-refractivity contribution in [1.82, 2.24) is 4.90 Å². The average molecular weight is 377 g/mol. The third kappa shape index (κ3) is 2.62. The Kier molecular flexibility index (Phi) is 3.96. The van der Waals surface area contributed by atoms with Crippen molar-refractivity contribution < 1.29 is 14.6 Å². The normalized spacial score (nSPS) is 19.8. The maximum atomic E-state index is 11.6. The lowest BCUT2D eigenvalue weighted by molar-refractivity contribution is -0.395. The molecule has 0 radical (unpaired) electrons. The third-order valence-corrected chi connectivity index (χ3v) is 4.79. The summed E-state index contributed by atoms with van der Waals surface area (Å²) in [4.78, 5) is 23.3. The van der Waals surface area contributed by atoms with Crippen LogP contribution in [0.15, 0.2) is 66.9 Å². The van der Waals surface area contributed by atoms with E-state index in [1.54, 1.807) is 36.4 Å². The highest BCUT2D eigenvalue weighted by Gasteiger charge is 2.45. The summed E-state index contributed by atoms with van der Waals surface area (Å²) in [5.74, 6) is 0.00193. The average Bonchev–Trinajstić information content (AvgIpc) is 2.69. The van der Waals surface area contributed by atoms with Crippen LogP contribution in [0.2, 0.25) is 0 Å². The van der Waals surface area contributed by atoms with Crippen molar-refractivity contribution in [3.8, 4) is 5.75 Å². The Labute approximate surface area is 160 Å². The number of nitro benzene ring substituents is 2. The topological polar surface area (TPSA) is 98.8 Å². The highest BCUT2D eigenvalue weighted by atomic mass is 16.6. The van der Waals surface area contributed by atoms with Crippen LogP contribution in [0.1, 0.15) is 11.1 Å². The standard InChI is InChI=1S/C20H15N3O5/c1-21-10-6-5-9-20(21)17(14-7-3-2-4-8-14)12-15-11-16(22(24)25)13-18(23(26)27)19(15)28-20/h2-13H,1H3. The van der Waals surface area contributed by atoms with Gasteiger partial charge in [0, 0.05) is 30.5 Å². The molecule has 1 spiro atoms. The van der Waals surface area contributed by atoms with E-state index in [0.717, 1.165) is 17.2 Å². The molecule has 2 aliphatic rings. The number of likely N-dealkylation sites (N-methyl/N-ethyl adjacent to an activating group) is 1. The lowest BCUT2D eigenvalue weighted by Crippen LogP contribution is -2.50. The molecule has 0 bridgehead atoms. The van der Waals surface area contributed by atoms with Gasteiger partial charge in [0.2, 0.25) is 11.5 Å². The summed E-state index contributed by atoms with van der Waals surface area (Å²) in [5.41, 5.74) is -0.0528. The lowest BCUT2D eigenvalue weighted by Gasteiger charge is -2.44. The predicted octanol–water partition coefficient (Wildman–Crippen LogP) is 4.15. The van der Waals surface area contributed by atoms with Gasteiger partial charge in [0.05, 0.1) is 15.9 Å². The molecule has 140 valence electrons. The number of ether oxygens (including phenoxy) is 1. The van der Waals surface area contributed by atoms with E-state index < -0.39 is 21.3 Å². The van der Waals surface area contributed by atoms with Gasteiger partial charge in [-0.2, -0.15) is 0 Å². The van der Waals surface area contributed by atoms with Crippen molar-refractivity contribution in [2.24, 2.45) is 0 Å². The first-order chi connectivity index (χ1) is 13.4. The third-order valence-electron chi connectivity index (χ3n) is 4.79. The van der Waals surface area contributed by atoms with Gasteiger partial charge in [-0.25, -0.2) is 0 Å². The fourth-order valence-electron chi connectivity index (χ4n) is 3.44. The number of hydrogen-bond donors (Lipinski definition) is 0. The van der Waals surface area contributed by atoms with Crippen LogP contribution >= 0.6 is 0 Å². The molecule has 1 unspecified atom stereocenters. The van der Waals surface area contributed by atoms with Crippen LogP contribution in [0.25, 0.3) is 11.6 Å². The molecule has 4 rings (SSSR count). The molecular weight excluding hydrogens is 362 g/mol. The van der Waals surface area contributed by atoms with Gasteiger partial charge in [0.15, 0.2) is 0 Å². The maximum Gasteiger partial charge on any atom is 0.318 e. The van der Waals surface area contributed by atoms with Gasteiger partial charge in [-0.05, 0) is 23.8 Å².